The number of aliphatic carboxylic acids is 1. The van der Waals surface area contributed by atoms with Crippen LogP contribution in [0.25, 0.3) is 11.1 Å². The van der Waals surface area contributed by atoms with E-state index in [0.717, 1.165) is 27.8 Å². The van der Waals surface area contributed by atoms with Crippen molar-refractivity contribution in [2.75, 3.05) is 7.11 Å². The van der Waals surface area contributed by atoms with Gasteiger partial charge in [0, 0.05) is 0 Å². The molecule has 0 spiro atoms. The molecule has 3 rings (SSSR count). The van der Waals surface area contributed by atoms with Crippen molar-refractivity contribution in [2.45, 2.75) is 38.8 Å². The summed E-state index contributed by atoms with van der Waals surface area (Å²) in [7, 11) is 1.33. The topological polar surface area (TPSA) is 75.6 Å². The highest BCUT2D eigenvalue weighted by atomic mass is 16.5. The molecule has 2 aromatic carbocycles. The Morgan fingerprint density at radius 3 is 2.41 bits per heavy atom. The minimum absolute atomic E-state index is 0.155. The molecule has 0 fully saturated rings. The highest BCUT2D eigenvalue weighted by Gasteiger charge is 2.52. The summed E-state index contributed by atoms with van der Waals surface area (Å²) in [5.41, 5.74) is 2.96. The first-order valence-electron chi connectivity index (χ1n) is 9.11. The molecule has 2 N–H and O–H groups in total. The summed E-state index contributed by atoms with van der Waals surface area (Å²) in [6.45, 7) is 5.88. The lowest BCUT2D eigenvalue weighted by atomic mass is 9.85. The molecule has 5 heteroatoms. The van der Waals surface area contributed by atoms with Crippen LogP contribution in [0.15, 0.2) is 42.5 Å². The van der Waals surface area contributed by atoms with Gasteiger partial charge in [-0.15, -0.1) is 0 Å². The van der Waals surface area contributed by atoms with Gasteiger partial charge in [-0.05, 0) is 41.5 Å². The molecule has 0 saturated heterocycles. The number of carboxylic acids is 1. The van der Waals surface area contributed by atoms with Crippen molar-refractivity contribution in [3.63, 3.8) is 0 Å². The number of fused-ring (bicyclic) bond motifs is 3. The Morgan fingerprint density at radius 1 is 1.11 bits per heavy atom. The molecular weight excluding hydrogens is 342 g/mol. The van der Waals surface area contributed by atoms with E-state index in [1.54, 1.807) is 0 Å². The van der Waals surface area contributed by atoms with E-state index in [-0.39, 0.29) is 5.92 Å². The van der Waals surface area contributed by atoms with Gasteiger partial charge in [-0.3, -0.25) is 10.1 Å². The van der Waals surface area contributed by atoms with Gasteiger partial charge in [-0.25, -0.2) is 4.79 Å². The molecule has 2 aromatic rings. The van der Waals surface area contributed by atoms with E-state index in [2.05, 4.69) is 5.32 Å². The first kappa shape index (κ1) is 19.1. The molecule has 2 atom stereocenters. The van der Waals surface area contributed by atoms with E-state index in [1.807, 2.05) is 63.2 Å². The lowest BCUT2D eigenvalue weighted by Crippen LogP contribution is -2.56. The Bertz CT molecular complexity index is 890. The van der Waals surface area contributed by atoms with Crippen molar-refractivity contribution in [1.82, 2.24) is 5.32 Å². The van der Waals surface area contributed by atoms with Crippen LogP contribution in [-0.2, 0) is 19.9 Å². The monoisotopic (exact) mass is 367 g/mol. The molecular formula is C22H25NO4. The van der Waals surface area contributed by atoms with Crippen molar-refractivity contribution in [1.29, 1.82) is 0 Å². The molecule has 0 saturated carbocycles. The summed E-state index contributed by atoms with van der Waals surface area (Å²) >= 11 is 0. The van der Waals surface area contributed by atoms with Crippen LogP contribution in [0.2, 0.25) is 0 Å². The fourth-order valence-corrected chi connectivity index (χ4v) is 3.93. The van der Waals surface area contributed by atoms with Crippen molar-refractivity contribution in [3.05, 3.63) is 59.2 Å². The summed E-state index contributed by atoms with van der Waals surface area (Å²) in [5, 5.41) is 13.0. The molecule has 1 aliphatic rings. The van der Waals surface area contributed by atoms with Gasteiger partial charge in [-0.2, -0.15) is 0 Å². The predicted octanol–water partition coefficient (Wildman–Crippen LogP) is 3.48. The first-order valence-corrected chi connectivity index (χ1v) is 9.11. The smallest absolute Gasteiger partial charge is 0.335 e. The molecule has 0 aromatic heterocycles. The highest BCUT2D eigenvalue weighted by molar-refractivity contribution is 5.98. The van der Waals surface area contributed by atoms with E-state index in [9.17, 15) is 14.7 Å². The van der Waals surface area contributed by atoms with Gasteiger partial charge in [0.05, 0.1) is 7.11 Å². The van der Waals surface area contributed by atoms with Crippen molar-refractivity contribution in [3.8, 4) is 11.1 Å². The molecule has 1 aliphatic carbocycles. The SMILES string of the molecule is COC(=O)C1(N[C@@H](CC(C)C)C(=O)O)c2ccccc2-c2ccc(C)cc21. The van der Waals surface area contributed by atoms with Crippen LogP contribution in [-0.4, -0.2) is 30.2 Å². The number of hydrogen-bond acceptors (Lipinski definition) is 4. The minimum Gasteiger partial charge on any atom is -0.480 e. The van der Waals surface area contributed by atoms with Crippen LogP contribution in [0.1, 0.15) is 37.0 Å². The average molecular weight is 367 g/mol. The van der Waals surface area contributed by atoms with Gasteiger partial charge in [0.15, 0.2) is 5.54 Å². The maximum Gasteiger partial charge on any atom is 0.335 e. The van der Waals surface area contributed by atoms with E-state index < -0.39 is 23.5 Å². The van der Waals surface area contributed by atoms with Gasteiger partial charge in [0.25, 0.3) is 0 Å². The Labute approximate surface area is 159 Å². The van der Waals surface area contributed by atoms with Gasteiger partial charge < -0.3 is 9.84 Å². The number of carboxylic acid groups (broad SMARTS) is 1. The quantitative estimate of drug-likeness (QED) is 0.765. The number of esters is 1. The summed E-state index contributed by atoms with van der Waals surface area (Å²) < 4.78 is 5.18. The number of carbonyl (C=O) groups is 2. The summed E-state index contributed by atoms with van der Waals surface area (Å²) in [6, 6.07) is 12.6. The molecule has 0 bridgehead atoms. The number of nitrogens with one attached hydrogen (secondary N) is 1. The third kappa shape index (κ3) is 3.12. The maximum absolute atomic E-state index is 13.1. The first-order chi connectivity index (χ1) is 12.8. The zero-order valence-electron chi connectivity index (χ0n) is 16.1. The lowest BCUT2D eigenvalue weighted by molar-refractivity contribution is -0.149. The molecule has 0 radical (unpaired) electrons. The van der Waals surface area contributed by atoms with Gasteiger partial charge in [-0.1, -0.05) is 61.9 Å². The van der Waals surface area contributed by atoms with E-state index in [0.29, 0.717) is 6.42 Å². The standard InChI is InChI=1S/C22H25NO4/c1-13(2)11-19(20(24)25)23-22(21(26)27-4)17-8-6-5-7-15(17)16-10-9-14(3)12-18(16)22/h5-10,12-13,19,23H,11H2,1-4H3,(H,24,25)/t19-,22?/m0/s1. The highest BCUT2D eigenvalue weighted by Crippen LogP contribution is 2.48. The van der Waals surface area contributed by atoms with E-state index in [4.69, 9.17) is 4.74 Å². The molecule has 0 amide bonds. The van der Waals surface area contributed by atoms with Crippen molar-refractivity contribution in [2.24, 2.45) is 5.92 Å². The number of hydrogen-bond donors (Lipinski definition) is 2. The third-order valence-corrected chi connectivity index (χ3v) is 5.09. The summed E-state index contributed by atoms with van der Waals surface area (Å²) in [4.78, 5) is 25.1. The van der Waals surface area contributed by atoms with Gasteiger partial charge in [0.1, 0.15) is 6.04 Å². The van der Waals surface area contributed by atoms with Crippen molar-refractivity contribution < 1.29 is 19.4 Å². The minimum atomic E-state index is -1.34. The molecule has 142 valence electrons. The Morgan fingerprint density at radius 2 is 1.78 bits per heavy atom. The van der Waals surface area contributed by atoms with Gasteiger partial charge >= 0.3 is 11.9 Å². The second kappa shape index (κ2) is 7.16. The number of aryl methyl sites for hydroxylation is 1. The molecule has 1 unspecified atom stereocenters. The Balaban J connectivity index is 2.26. The zero-order valence-corrected chi connectivity index (χ0v) is 16.1. The molecule has 0 aliphatic heterocycles. The van der Waals surface area contributed by atoms with E-state index in [1.165, 1.54) is 7.11 Å². The van der Waals surface area contributed by atoms with Crippen LogP contribution in [0.3, 0.4) is 0 Å². The normalized spacial score (nSPS) is 18.7. The molecule has 5 nitrogen and oxygen atoms in total. The maximum atomic E-state index is 13.1. The zero-order chi connectivity index (χ0) is 19.8. The van der Waals surface area contributed by atoms with E-state index >= 15 is 0 Å². The number of benzene rings is 2. The van der Waals surface area contributed by atoms with Crippen molar-refractivity contribution >= 4 is 11.9 Å². The number of carbonyl (C=O) groups excluding carboxylic acids is 1. The fraction of sp³-hybridized carbons (Fsp3) is 0.364. The summed E-state index contributed by atoms with van der Waals surface area (Å²) in [6.07, 6.45) is 0.400. The van der Waals surface area contributed by atoms with Crippen LogP contribution >= 0.6 is 0 Å². The number of rotatable bonds is 6. The van der Waals surface area contributed by atoms with Gasteiger partial charge in [0.2, 0.25) is 0 Å². The van der Waals surface area contributed by atoms with Crippen LogP contribution in [0, 0.1) is 12.8 Å². The van der Waals surface area contributed by atoms with Crippen LogP contribution in [0.5, 0.6) is 0 Å². The average Bonchev–Trinajstić information content (AvgIpc) is 2.90. The molecule has 27 heavy (non-hydrogen) atoms. The lowest BCUT2D eigenvalue weighted by Gasteiger charge is -2.33. The second-order valence-electron chi connectivity index (χ2n) is 7.50. The Hall–Kier alpha value is -2.66. The largest absolute Gasteiger partial charge is 0.480 e. The third-order valence-electron chi connectivity index (χ3n) is 5.09. The Kier molecular flexibility index (Phi) is 5.07. The molecule has 0 heterocycles. The second-order valence-corrected chi connectivity index (χ2v) is 7.50. The number of methoxy groups -OCH3 is 1. The summed E-state index contributed by atoms with van der Waals surface area (Å²) in [5.74, 6) is -1.33. The fourth-order valence-electron chi connectivity index (χ4n) is 3.93. The number of ether oxygens (including phenoxy) is 1. The van der Waals surface area contributed by atoms with Crippen LogP contribution in [0.4, 0.5) is 0 Å². The van der Waals surface area contributed by atoms with Crippen LogP contribution < -0.4 is 5.32 Å². The predicted molar refractivity (Wildman–Crippen MR) is 103 cm³/mol.